The number of carbonyl (C=O) groups excluding carboxylic acids is 2. The van der Waals surface area contributed by atoms with Crippen molar-refractivity contribution in [1.29, 1.82) is 0 Å². The number of rotatable bonds is 53. The van der Waals surface area contributed by atoms with Crippen molar-refractivity contribution in [2.45, 2.75) is 297 Å². The van der Waals surface area contributed by atoms with Gasteiger partial charge in [-0.3, -0.25) is 9.59 Å². The van der Waals surface area contributed by atoms with E-state index in [0.717, 1.165) is 77.0 Å². The van der Waals surface area contributed by atoms with E-state index >= 15 is 0 Å². The molecular weight excluding hydrogens is 813 g/mol. The first-order chi connectivity index (χ1) is 32.6. The Morgan fingerprint density at radius 3 is 1.12 bits per heavy atom. The van der Waals surface area contributed by atoms with Gasteiger partial charge in [0.15, 0.2) is 6.10 Å². The number of hydrogen-bond donors (Lipinski definition) is 0. The molecule has 0 radical (unpaired) electrons. The van der Waals surface area contributed by atoms with Crippen molar-refractivity contribution in [3.8, 4) is 0 Å². The van der Waals surface area contributed by atoms with Crippen LogP contribution in [0.25, 0.3) is 0 Å². The van der Waals surface area contributed by atoms with E-state index < -0.39 is 6.10 Å². The fraction of sp³-hybridized carbons (Fsp3) is 0.803. The number of allylic oxidation sites excluding steroid dienone is 10. The van der Waals surface area contributed by atoms with E-state index in [0.29, 0.717) is 19.4 Å². The van der Waals surface area contributed by atoms with Crippen LogP contribution in [0.1, 0.15) is 290 Å². The van der Waals surface area contributed by atoms with Gasteiger partial charge in [0, 0.05) is 19.4 Å². The SMILES string of the molecule is CC/C=C\C/C=C\C/C=C\CCCCCCCC(=O)O[C@H](COCCCCCCCCCCCCCCCCCC)COC(=O)CCCCCCCCCCC/C=C\C/C=C\CCCCC. The number of carbonyl (C=O) groups is 2. The van der Waals surface area contributed by atoms with Gasteiger partial charge in [-0.1, -0.05) is 255 Å². The van der Waals surface area contributed by atoms with Crippen LogP contribution >= 0.6 is 0 Å². The van der Waals surface area contributed by atoms with E-state index in [1.165, 1.54) is 180 Å². The number of unbranched alkanes of at least 4 members (excludes halogenated alkanes) is 32. The highest BCUT2D eigenvalue weighted by Gasteiger charge is 2.17. The van der Waals surface area contributed by atoms with Gasteiger partial charge >= 0.3 is 11.9 Å². The van der Waals surface area contributed by atoms with Gasteiger partial charge in [-0.2, -0.15) is 0 Å². The quantitative estimate of drug-likeness (QED) is 0.0346. The molecule has 0 saturated heterocycles. The standard InChI is InChI=1S/C61H110O5/c1-4-7-10-13-16-19-22-25-28-30-31-32-34-36-39-42-45-48-51-54-60(62)65-58-59(57-64-56-53-50-47-44-41-38-35-29-26-23-20-17-14-11-8-5-2)66-61(63)55-52-49-46-43-40-37-33-27-24-21-18-15-12-9-6-3/h9,12,16,18-19,21,25,27-28,33,59H,4-8,10-11,13-15,17,20,22-24,26,29-32,34-58H2,1-3H3/b12-9-,19-16-,21-18-,28-25-,33-27-/t59-/m1/s1. The third-order valence-electron chi connectivity index (χ3n) is 12.5. The van der Waals surface area contributed by atoms with Gasteiger partial charge in [0.25, 0.3) is 0 Å². The molecule has 0 aromatic heterocycles. The van der Waals surface area contributed by atoms with Crippen LogP contribution in [-0.4, -0.2) is 37.9 Å². The predicted octanol–water partition coefficient (Wildman–Crippen LogP) is 19.7. The third kappa shape index (κ3) is 54.2. The summed E-state index contributed by atoms with van der Waals surface area (Å²) >= 11 is 0. The highest BCUT2D eigenvalue weighted by molar-refractivity contribution is 5.70. The lowest BCUT2D eigenvalue weighted by Gasteiger charge is -2.18. The van der Waals surface area contributed by atoms with Crippen LogP contribution in [0.3, 0.4) is 0 Å². The molecule has 0 fully saturated rings. The Morgan fingerprint density at radius 1 is 0.348 bits per heavy atom. The molecule has 66 heavy (non-hydrogen) atoms. The molecule has 0 saturated carbocycles. The van der Waals surface area contributed by atoms with Crippen molar-refractivity contribution in [1.82, 2.24) is 0 Å². The summed E-state index contributed by atoms with van der Waals surface area (Å²) in [5.74, 6) is -0.409. The monoisotopic (exact) mass is 923 g/mol. The molecule has 0 aromatic carbocycles. The molecule has 1 atom stereocenters. The zero-order valence-corrected chi connectivity index (χ0v) is 44.2. The Kier molecular flexibility index (Phi) is 54.9. The lowest BCUT2D eigenvalue weighted by molar-refractivity contribution is -0.163. The second kappa shape index (κ2) is 56.9. The molecule has 0 rings (SSSR count). The van der Waals surface area contributed by atoms with Crippen molar-refractivity contribution in [2.75, 3.05) is 19.8 Å². The molecule has 0 spiro atoms. The second-order valence-electron chi connectivity index (χ2n) is 19.2. The minimum Gasteiger partial charge on any atom is -0.462 e. The fourth-order valence-corrected chi connectivity index (χ4v) is 8.26. The van der Waals surface area contributed by atoms with Crippen LogP contribution in [0, 0.1) is 0 Å². The topological polar surface area (TPSA) is 61.8 Å². The molecular formula is C61H110O5. The number of esters is 2. The zero-order chi connectivity index (χ0) is 47.7. The fourth-order valence-electron chi connectivity index (χ4n) is 8.26. The van der Waals surface area contributed by atoms with Crippen molar-refractivity contribution < 1.29 is 23.8 Å². The first kappa shape index (κ1) is 63.6. The smallest absolute Gasteiger partial charge is 0.306 e. The Bertz CT molecular complexity index is 1130. The zero-order valence-electron chi connectivity index (χ0n) is 44.2. The van der Waals surface area contributed by atoms with Crippen LogP contribution in [-0.2, 0) is 23.8 Å². The van der Waals surface area contributed by atoms with E-state index in [9.17, 15) is 9.59 Å². The summed E-state index contributed by atoms with van der Waals surface area (Å²) in [6.07, 6.45) is 72.4. The molecule has 0 heterocycles. The normalized spacial score (nSPS) is 12.6. The lowest BCUT2D eigenvalue weighted by Crippen LogP contribution is -2.30. The van der Waals surface area contributed by atoms with E-state index in [4.69, 9.17) is 14.2 Å². The van der Waals surface area contributed by atoms with Crippen molar-refractivity contribution in [3.63, 3.8) is 0 Å². The van der Waals surface area contributed by atoms with Gasteiger partial charge in [-0.25, -0.2) is 0 Å². The summed E-state index contributed by atoms with van der Waals surface area (Å²) < 4.78 is 17.5. The molecule has 0 aliphatic rings. The molecule has 384 valence electrons. The van der Waals surface area contributed by atoms with Crippen LogP contribution < -0.4 is 0 Å². The molecule has 0 aliphatic heterocycles. The molecule has 5 nitrogen and oxygen atoms in total. The maximum absolute atomic E-state index is 12.8. The molecule has 0 amide bonds. The highest BCUT2D eigenvalue weighted by atomic mass is 16.6. The largest absolute Gasteiger partial charge is 0.462 e. The Hall–Kier alpha value is -2.40. The molecule has 0 aromatic rings. The Balaban J connectivity index is 4.26. The van der Waals surface area contributed by atoms with Crippen LogP contribution in [0.5, 0.6) is 0 Å². The molecule has 0 bridgehead atoms. The summed E-state index contributed by atoms with van der Waals surface area (Å²) in [5, 5.41) is 0. The minimum absolute atomic E-state index is 0.0781. The summed E-state index contributed by atoms with van der Waals surface area (Å²) in [5.41, 5.74) is 0. The van der Waals surface area contributed by atoms with E-state index in [1.54, 1.807) is 0 Å². The Morgan fingerprint density at radius 2 is 0.682 bits per heavy atom. The van der Waals surface area contributed by atoms with E-state index in [1.807, 2.05) is 0 Å². The molecule has 0 N–H and O–H groups in total. The van der Waals surface area contributed by atoms with Gasteiger partial charge in [0.2, 0.25) is 0 Å². The maximum Gasteiger partial charge on any atom is 0.306 e. The summed E-state index contributed by atoms with van der Waals surface area (Å²) in [4.78, 5) is 25.5. The van der Waals surface area contributed by atoms with Gasteiger partial charge in [-0.05, 0) is 83.5 Å². The summed E-state index contributed by atoms with van der Waals surface area (Å²) in [6.45, 7) is 7.72. The lowest BCUT2D eigenvalue weighted by atomic mass is 10.0. The van der Waals surface area contributed by atoms with Gasteiger partial charge in [0.1, 0.15) is 6.61 Å². The van der Waals surface area contributed by atoms with Crippen LogP contribution in [0.15, 0.2) is 60.8 Å². The van der Waals surface area contributed by atoms with E-state index in [2.05, 4.69) is 81.5 Å². The van der Waals surface area contributed by atoms with Crippen LogP contribution in [0.4, 0.5) is 0 Å². The summed E-state index contributed by atoms with van der Waals surface area (Å²) in [7, 11) is 0. The molecule has 0 aliphatic carbocycles. The predicted molar refractivity (Wildman–Crippen MR) is 288 cm³/mol. The van der Waals surface area contributed by atoms with Crippen molar-refractivity contribution in [2.24, 2.45) is 0 Å². The third-order valence-corrected chi connectivity index (χ3v) is 12.5. The van der Waals surface area contributed by atoms with E-state index in [-0.39, 0.29) is 25.2 Å². The van der Waals surface area contributed by atoms with Gasteiger partial charge < -0.3 is 14.2 Å². The van der Waals surface area contributed by atoms with Gasteiger partial charge in [0.05, 0.1) is 6.61 Å². The number of hydrogen-bond acceptors (Lipinski definition) is 5. The van der Waals surface area contributed by atoms with Crippen LogP contribution in [0.2, 0.25) is 0 Å². The molecule has 5 heteroatoms. The number of ether oxygens (including phenoxy) is 3. The van der Waals surface area contributed by atoms with Gasteiger partial charge in [-0.15, -0.1) is 0 Å². The average Bonchev–Trinajstić information content (AvgIpc) is 3.32. The van der Waals surface area contributed by atoms with Crippen molar-refractivity contribution >= 4 is 11.9 Å². The Labute approximate surface area is 411 Å². The maximum atomic E-state index is 12.8. The highest BCUT2D eigenvalue weighted by Crippen LogP contribution is 2.16. The van der Waals surface area contributed by atoms with Crippen molar-refractivity contribution in [3.05, 3.63) is 60.8 Å². The minimum atomic E-state index is -0.546. The first-order valence-corrected chi connectivity index (χ1v) is 28.8. The average molecular weight is 924 g/mol. The molecule has 0 unspecified atom stereocenters. The first-order valence-electron chi connectivity index (χ1n) is 28.8. The second-order valence-corrected chi connectivity index (χ2v) is 19.2. The summed E-state index contributed by atoms with van der Waals surface area (Å²) in [6, 6.07) is 0.